The molecule has 0 spiro atoms. The molecule has 0 bridgehead atoms. The minimum absolute atomic E-state index is 0.0771. The Kier molecular flexibility index (Phi) is 4.69. The van der Waals surface area contributed by atoms with Crippen LogP contribution in [0.3, 0.4) is 0 Å². The van der Waals surface area contributed by atoms with Crippen molar-refractivity contribution < 1.29 is 9.16 Å². The van der Waals surface area contributed by atoms with Crippen molar-refractivity contribution in [3.05, 3.63) is 12.0 Å². The SMILES string of the molecule is CO/C(=C/C(C)(C)C)O[Si](C)(C)C(C)(C)C. The van der Waals surface area contributed by atoms with Gasteiger partial charge in [0.2, 0.25) is 0 Å². The van der Waals surface area contributed by atoms with Crippen LogP contribution in [0.4, 0.5) is 0 Å². The van der Waals surface area contributed by atoms with Gasteiger partial charge in [-0.3, -0.25) is 0 Å². The van der Waals surface area contributed by atoms with E-state index < -0.39 is 8.32 Å². The van der Waals surface area contributed by atoms with Gasteiger partial charge in [-0.05, 0) is 23.5 Å². The maximum absolute atomic E-state index is 6.11. The summed E-state index contributed by atoms with van der Waals surface area (Å²) in [6, 6.07) is 0. The number of allylic oxidation sites excluding steroid dienone is 1. The fourth-order valence-corrected chi connectivity index (χ4v) is 1.84. The monoisotopic (exact) mass is 244 g/mol. The fraction of sp³-hybridized carbons (Fsp3) is 0.846. The van der Waals surface area contributed by atoms with Crippen molar-refractivity contribution in [2.45, 2.75) is 59.7 Å². The molecule has 0 aliphatic rings. The molecule has 16 heavy (non-hydrogen) atoms. The van der Waals surface area contributed by atoms with Crippen molar-refractivity contribution in [1.29, 1.82) is 0 Å². The first kappa shape index (κ1) is 15.6. The molecule has 0 aromatic rings. The summed E-state index contributed by atoms with van der Waals surface area (Å²) in [5.41, 5.74) is 0.0771. The first-order valence-electron chi connectivity index (χ1n) is 5.85. The summed E-state index contributed by atoms with van der Waals surface area (Å²) in [6.07, 6.45) is 2.05. The van der Waals surface area contributed by atoms with E-state index in [-0.39, 0.29) is 10.5 Å². The van der Waals surface area contributed by atoms with Gasteiger partial charge in [-0.1, -0.05) is 41.5 Å². The Morgan fingerprint density at radius 3 is 1.69 bits per heavy atom. The lowest BCUT2D eigenvalue weighted by Crippen LogP contribution is -2.40. The van der Waals surface area contributed by atoms with E-state index in [1.165, 1.54) is 0 Å². The Bertz CT molecular complexity index is 254. The van der Waals surface area contributed by atoms with Gasteiger partial charge in [-0.2, -0.15) is 0 Å². The number of hydrogen-bond acceptors (Lipinski definition) is 2. The minimum Gasteiger partial charge on any atom is -0.519 e. The zero-order chi connectivity index (χ0) is 13.2. The van der Waals surface area contributed by atoms with Crippen LogP contribution >= 0.6 is 0 Å². The van der Waals surface area contributed by atoms with E-state index in [1.807, 2.05) is 6.08 Å². The standard InChI is InChI=1S/C13H28O2Si/c1-12(2,3)10-11(14-7)15-16(8,9)13(4,5)6/h10H,1-9H3/b11-10-. The van der Waals surface area contributed by atoms with Crippen LogP contribution in [0.25, 0.3) is 0 Å². The quantitative estimate of drug-likeness (QED) is 0.536. The molecular weight excluding hydrogens is 216 g/mol. The number of ether oxygens (including phenoxy) is 1. The second-order valence-electron chi connectivity index (χ2n) is 6.90. The molecule has 0 heterocycles. The van der Waals surface area contributed by atoms with Gasteiger partial charge in [0.15, 0.2) is 0 Å². The largest absolute Gasteiger partial charge is 0.519 e. The third kappa shape index (κ3) is 5.06. The summed E-state index contributed by atoms with van der Waals surface area (Å²) in [7, 11) is -0.111. The van der Waals surface area contributed by atoms with Crippen LogP contribution in [0.2, 0.25) is 18.1 Å². The van der Waals surface area contributed by atoms with E-state index in [0.29, 0.717) is 5.95 Å². The minimum atomic E-state index is -1.78. The first-order valence-corrected chi connectivity index (χ1v) is 8.76. The summed E-state index contributed by atoms with van der Waals surface area (Å²) in [5.74, 6) is 0.666. The molecular formula is C13H28O2Si. The molecule has 0 rings (SSSR count). The van der Waals surface area contributed by atoms with Crippen molar-refractivity contribution in [3.63, 3.8) is 0 Å². The van der Waals surface area contributed by atoms with E-state index in [0.717, 1.165) is 0 Å². The van der Waals surface area contributed by atoms with Gasteiger partial charge < -0.3 is 9.16 Å². The highest BCUT2D eigenvalue weighted by atomic mass is 28.4. The molecule has 3 heteroatoms. The summed E-state index contributed by atoms with van der Waals surface area (Å²) in [5, 5.41) is 0.197. The molecule has 0 N–H and O–H groups in total. The predicted molar refractivity (Wildman–Crippen MR) is 72.8 cm³/mol. The second-order valence-corrected chi connectivity index (χ2v) is 11.6. The second kappa shape index (κ2) is 4.82. The molecule has 0 aliphatic carbocycles. The van der Waals surface area contributed by atoms with Crippen LogP contribution in [0, 0.1) is 5.41 Å². The van der Waals surface area contributed by atoms with E-state index in [1.54, 1.807) is 7.11 Å². The van der Waals surface area contributed by atoms with Gasteiger partial charge in [0.05, 0.1) is 7.11 Å². The van der Waals surface area contributed by atoms with E-state index in [2.05, 4.69) is 54.6 Å². The Balaban J connectivity index is 4.88. The van der Waals surface area contributed by atoms with Crippen molar-refractivity contribution in [2.24, 2.45) is 5.41 Å². The molecule has 0 aromatic heterocycles. The molecule has 0 radical (unpaired) electrons. The summed E-state index contributed by atoms with van der Waals surface area (Å²) < 4.78 is 11.4. The molecule has 0 aromatic carbocycles. The smallest absolute Gasteiger partial charge is 0.261 e. The van der Waals surface area contributed by atoms with Crippen molar-refractivity contribution in [1.82, 2.24) is 0 Å². The molecule has 0 unspecified atom stereocenters. The lowest BCUT2D eigenvalue weighted by molar-refractivity contribution is 0.134. The Labute approximate surface area is 102 Å². The van der Waals surface area contributed by atoms with Crippen LogP contribution in [0.1, 0.15) is 41.5 Å². The summed E-state index contributed by atoms with van der Waals surface area (Å²) in [6.45, 7) is 17.5. The predicted octanol–water partition coefficient (Wildman–Crippen LogP) is 4.54. The van der Waals surface area contributed by atoms with Gasteiger partial charge in [-0.25, -0.2) is 0 Å². The van der Waals surface area contributed by atoms with Crippen LogP contribution in [0.5, 0.6) is 0 Å². The van der Waals surface area contributed by atoms with Crippen molar-refractivity contribution in [3.8, 4) is 0 Å². The van der Waals surface area contributed by atoms with Gasteiger partial charge in [0.1, 0.15) is 0 Å². The summed E-state index contributed by atoms with van der Waals surface area (Å²) >= 11 is 0. The average Bonchev–Trinajstić information content (AvgIpc) is 1.97. The molecule has 0 atom stereocenters. The molecule has 0 saturated carbocycles. The average molecular weight is 244 g/mol. The molecule has 0 amide bonds. The normalized spacial score (nSPS) is 14.9. The highest BCUT2D eigenvalue weighted by Gasteiger charge is 2.40. The van der Waals surface area contributed by atoms with Crippen molar-refractivity contribution >= 4 is 8.32 Å². The van der Waals surface area contributed by atoms with Crippen LogP contribution in [0.15, 0.2) is 12.0 Å². The highest BCUT2D eigenvalue weighted by molar-refractivity contribution is 6.74. The maximum Gasteiger partial charge on any atom is 0.261 e. The van der Waals surface area contributed by atoms with Crippen LogP contribution in [-0.2, 0) is 9.16 Å². The number of rotatable bonds is 3. The third-order valence-corrected chi connectivity index (χ3v) is 7.24. The Morgan fingerprint density at radius 1 is 1.00 bits per heavy atom. The zero-order valence-corrected chi connectivity index (χ0v) is 13.4. The first-order chi connectivity index (χ1) is 6.89. The lowest BCUT2D eigenvalue weighted by Gasteiger charge is -2.37. The van der Waals surface area contributed by atoms with Crippen molar-refractivity contribution in [2.75, 3.05) is 7.11 Å². The van der Waals surface area contributed by atoms with Gasteiger partial charge >= 0.3 is 0 Å². The Hall–Kier alpha value is -0.443. The van der Waals surface area contributed by atoms with E-state index in [9.17, 15) is 0 Å². The molecule has 0 saturated heterocycles. The number of hydrogen-bond donors (Lipinski definition) is 0. The van der Waals surface area contributed by atoms with Gasteiger partial charge in [0.25, 0.3) is 14.3 Å². The van der Waals surface area contributed by atoms with E-state index in [4.69, 9.17) is 9.16 Å². The van der Waals surface area contributed by atoms with Crippen LogP contribution in [-0.4, -0.2) is 15.4 Å². The summed E-state index contributed by atoms with van der Waals surface area (Å²) in [4.78, 5) is 0. The highest BCUT2D eigenvalue weighted by Crippen LogP contribution is 2.38. The Morgan fingerprint density at radius 2 is 1.44 bits per heavy atom. The van der Waals surface area contributed by atoms with Gasteiger partial charge in [-0.15, -0.1) is 0 Å². The fourth-order valence-electron chi connectivity index (χ4n) is 0.888. The molecule has 0 aliphatic heterocycles. The molecule has 0 fully saturated rings. The third-order valence-electron chi connectivity index (χ3n) is 2.91. The molecule has 96 valence electrons. The zero-order valence-electron chi connectivity index (χ0n) is 12.4. The lowest BCUT2D eigenvalue weighted by atomic mass is 9.97. The molecule has 2 nitrogen and oxygen atoms in total. The number of methoxy groups -OCH3 is 1. The van der Waals surface area contributed by atoms with Gasteiger partial charge in [0, 0.05) is 6.08 Å². The van der Waals surface area contributed by atoms with E-state index >= 15 is 0 Å². The van der Waals surface area contributed by atoms with Crippen LogP contribution < -0.4 is 0 Å². The maximum atomic E-state index is 6.11. The topological polar surface area (TPSA) is 18.5 Å².